The Hall–Kier alpha value is -3.41. The topological polar surface area (TPSA) is 165 Å². The molecule has 0 spiro atoms. The Balaban J connectivity index is 1.12. The lowest BCUT2D eigenvalue weighted by molar-refractivity contribution is -0.154. The Morgan fingerprint density at radius 3 is 2.36 bits per heavy atom. The Kier molecular flexibility index (Phi) is 16.2. The Morgan fingerprint density at radius 2 is 1.64 bits per heavy atom. The summed E-state index contributed by atoms with van der Waals surface area (Å²) in [6, 6.07) is 6.53. The van der Waals surface area contributed by atoms with Gasteiger partial charge in [-0.1, -0.05) is 77.7 Å². The largest absolute Gasteiger partial charge is 0.508 e. The zero-order valence-corrected chi connectivity index (χ0v) is 37.4. The summed E-state index contributed by atoms with van der Waals surface area (Å²) in [6.07, 6.45) is 16.2. The monoisotopic (exact) mass is 840 g/mol. The molecule has 3 N–H and O–H groups in total. The number of hydrogen-bond donors (Lipinski definition) is 3. The summed E-state index contributed by atoms with van der Waals surface area (Å²) in [5.74, 6) is 1.86. The third kappa shape index (κ3) is 12.6. The number of aromatic hydroxyl groups is 1. The maximum Gasteiger partial charge on any atom is 0.306 e. The quantitative estimate of drug-likeness (QED) is 0.0685. The molecule has 0 radical (unpaired) electrons. The number of esters is 2. The Morgan fingerprint density at radius 1 is 0.898 bits per heavy atom. The lowest BCUT2D eigenvalue weighted by Gasteiger charge is -2.58. The van der Waals surface area contributed by atoms with E-state index < -0.39 is 33.6 Å². The number of rotatable bonds is 20. The average Bonchev–Trinajstić information content (AvgIpc) is 3.53. The molecule has 3 fully saturated rings. The van der Waals surface area contributed by atoms with E-state index in [2.05, 4.69) is 51.3 Å². The molecule has 0 bridgehead atoms. The van der Waals surface area contributed by atoms with Gasteiger partial charge >= 0.3 is 11.9 Å². The summed E-state index contributed by atoms with van der Waals surface area (Å²) in [6.45, 7) is 12.2. The first kappa shape index (κ1) is 46.7. The SMILES string of the molecule is CC(C)CCC[C@@H](C)C1CC[C@H]2[C@@H]3CC=C4C[C@@H](OC(=O)C[C@@H](Cc5ccc(O)cc5)C(=O)NCCOC(=O)CCC(=O)NCCS(C)(=O)=O)CC[C@]4(C)[C@H]3CC[C@]12C. The first-order chi connectivity index (χ1) is 27.9. The van der Waals surface area contributed by atoms with Gasteiger partial charge in [0.25, 0.3) is 0 Å². The van der Waals surface area contributed by atoms with Gasteiger partial charge in [0.2, 0.25) is 11.8 Å². The summed E-state index contributed by atoms with van der Waals surface area (Å²) in [4.78, 5) is 51.1. The van der Waals surface area contributed by atoms with E-state index in [9.17, 15) is 32.7 Å². The molecule has 9 atom stereocenters. The van der Waals surface area contributed by atoms with Crippen molar-refractivity contribution >= 4 is 33.6 Å². The van der Waals surface area contributed by atoms with Crippen LogP contribution in [0.5, 0.6) is 5.75 Å². The van der Waals surface area contributed by atoms with Gasteiger partial charge in [-0.2, -0.15) is 0 Å². The fourth-order valence-corrected chi connectivity index (χ4v) is 12.1. The molecule has 5 rings (SSSR count). The lowest BCUT2D eigenvalue weighted by atomic mass is 9.47. The first-order valence-corrected chi connectivity index (χ1v) is 24.5. The van der Waals surface area contributed by atoms with E-state index in [-0.39, 0.29) is 74.3 Å². The van der Waals surface area contributed by atoms with E-state index in [0.29, 0.717) is 11.3 Å². The number of sulfone groups is 1. The van der Waals surface area contributed by atoms with Gasteiger partial charge in [0.05, 0.1) is 31.1 Å². The van der Waals surface area contributed by atoms with Crippen LogP contribution in [0.15, 0.2) is 35.9 Å². The zero-order valence-electron chi connectivity index (χ0n) is 36.6. The summed E-state index contributed by atoms with van der Waals surface area (Å²) in [5.41, 5.74) is 2.80. The maximum absolute atomic E-state index is 13.6. The fourth-order valence-electron chi connectivity index (χ4n) is 11.6. The third-order valence-corrected chi connectivity index (χ3v) is 15.7. The van der Waals surface area contributed by atoms with Gasteiger partial charge in [-0.3, -0.25) is 19.2 Å². The van der Waals surface area contributed by atoms with E-state index in [1.54, 1.807) is 24.3 Å². The van der Waals surface area contributed by atoms with Crippen LogP contribution < -0.4 is 10.6 Å². The molecule has 1 unspecified atom stereocenters. The van der Waals surface area contributed by atoms with Crippen LogP contribution in [0.4, 0.5) is 0 Å². The van der Waals surface area contributed by atoms with E-state index in [1.807, 2.05) is 0 Å². The number of nitrogens with one attached hydrogen (secondary N) is 2. The lowest BCUT2D eigenvalue weighted by Crippen LogP contribution is -2.51. The van der Waals surface area contributed by atoms with Gasteiger partial charge in [-0.15, -0.1) is 0 Å². The minimum absolute atomic E-state index is 0.0156. The number of phenols is 1. The maximum atomic E-state index is 13.6. The molecule has 0 aliphatic heterocycles. The molecule has 59 heavy (non-hydrogen) atoms. The molecule has 2 amide bonds. The van der Waals surface area contributed by atoms with Gasteiger partial charge in [-0.25, -0.2) is 8.42 Å². The highest BCUT2D eigenvalue weighted by atomic mass is 32.2. The smallest absolute Gasteiger partial charge is 0.306 e. The van der Waals surface area contributed by atoms with Crippen LogP contribution in [0.3, 0.4) is 0 Å². The standard InChI is InChI=1S/C47H72N2O9S/c1-31(2)8-7-9-32(3)39-16-17-40-38-15-12-35-30-37(20-22-46(35,4)41(38)21-23-47(39,40)5)58-44(53)29-34(28-33-10-13-36(50)14-11-33)45(54)49-24-26-57-43(52)19-18-42(51)48-25-27-59(6,55)56/h10-14,31-32,34,37-41,50H,7-9,15-30H2,1-6H3,(H,48,51)(H,49,54)/t32-,34-,37+,38+,39?,40+,41+,46+,47-/m1/s1. The van der Waals surface area contributed by atoms with Crippen LogP contribution in [0.25, 0.3) is 0 Å². The number of allylic oxidation sites excluding steroid dienone is 1. The van der Waals surface area contributed by atoms with Crippen molar-refractivity contribution in [1.82, 2.24) is 10.6 Å². The van der Waals surface area contributed by atoms with Gasteiger partial charge in [0.15, 0.2) is 0 Å². The number of hydrogen-bond acceptors (Lipinski definition) is 9. The highest BCUT2D eigenvalue weighted by Crippen LogP contribution is 2.67. The summed E-state index contributed by atoms with van der Waals surface area (Å²) >= 11 is 0. The molecule has 11 nitrogen and oxygen atoms in total. The van der Waals surface area contributed by atoms with Crippen molar-refractivity contribution < 1.29 is 42.2 Å². The van der Waals surface area contributed by atoms with Crippen LogP contribution >= 0.6 is 0 Å². The predicted octanol–water partition coefficient (Wildman–Crippen LogP) is 7.49. The average molecular weight is 841 g/mol. The first-order valence-electron chi connectivity index (χ1n) is 22.4. The van der Waals surface area contributed by atoms with Crippen LogP contribution in [0, 0.1) is 52.3 Å². The van der Waals surface area contributed by atoms with Crippen molar-refractivity contribution in [3.05, 3.63) is 41.5 Å². The van der Waals surface area contributed by atoms with Gasteiger partial charge < -0.3 is 25.2 Å². The van der Waals surface area contributed by atoms with Crippen molar-refractivity contribution in [2.75, 3.05) is 31.7 Å². The highest BCUT2D eigenvalue weighted by Gasteiger charge is 2.59. The van der Waals surface area contributed by atoms with E-state index >= 15 is 0 Å². The number of carbonyl (C=O) groups is 4. The van der Waals surface area contributed by atoms with Gasteiger partial charge in [0, 0.05) is 25.6 Å². The molecule has 0 aromatic heterocycles. The number of amides is 2. The molecule has 330 valence electrons. The molecule has 3 saturated carbocycles. The normalized spacial score (nSPS) is 28.6. The molecule has 0 saturated heterocycles. The van der Waals surface area contributed by atoms with Crippen molar-refractivity contribution in [2.24, 2.45) is 52.3 Å². The molecule has 12 heteroatoms. The van der Waals surface area contributed by atoms with E-state index in [4.69, 9.17) is 9.47 Å². The van der Waals surface area contributed by atoms with Crippen LogP contribution in [-0.4, -0.2) is 75.1 Å². The fraction of sp³-hybridized carbons (Fsp3) is 0.745. The minimum atomic E-state index is -3.21. The minimum Gasteiger partial charge on any atom is -0.508 e. The molecular weight excluding hydrogens is 769 g/mol. The van der Waals surface area contributed by atoms with Crippen molar-refractivity contribution in [3.63, 3.8) is 0 Å². The second-order valence-corrected chi connectivity index (χ2v) is 21.7. The molecule has 1 aromatic carbocycles. The Bertz CT molecular complexity index is 1760. The van der Waals surface area contributed by atoms with Crippen molar-refractivity contribution in [2.45, 2.75) is 137 Å². The summed E-state index contributed by atoms with van der Waals surface area (Å²) in [7, 11) is -3.21. The van der Waals surface area contributed by atoms with Crippen LogP contribution in [0.2, 0.25) is 0 Å². The predicted molar refractivity (Wildman–Crippen MR) is 229 cm³/mol. The van der Waals surface area contributed by atoms with Gasteiger partial charge in [0.1, 0.15) is 28.3 Å². The van der Waals surface area contributed by atoms with E-state index in [0.717, 1.165) is 67.1 Å². The second-order valence-electron chi connectivity index (χ2n) is 19.4. The molecular formula is C47H72N2O9S. The molecule has 0 heterocycles. The zero-order chi connectivity index (χ0) is 43.0. The molecule has 4 aliphatic carbocycles. The number of phenolic OH excluding ortho intramolecular Hbond substituents is 1. The Labute approximate surface area is 353 Å². The van der Waals surface area contributed by atoms with Gasteiger partial charge in [-0.05, 0) is 115 Å². The third-order valence-electron chi connectivity index (χ3n) is 14.8. The molecule has 1 aromatic rings. The number of fused-ring (bicyclic) bond motifs is 5. The summed E-state index contributed by atoms with van der Waals surface area (Å²) in [5, 5.41) is 15.0. The second kappa shape index (κ2) is 20.4. The number of carbonyl (C=O) groups excluding carboxylic acids is 4. The van der Waals surface area contributed by atoms with E-state index in [1.165, 1.54) is 50.5 Å². The van der Waals surface area contributed by atoms with Crippen LogP contribution in [-0.2, 0) is 44.9 Å². The number of ether oxygens (including phenoxy) is 2. The highest BCUT2D eigenvalue weighted by molar-refractivity contribution is 7.90. The van der Waals surface area contributed by atoms with Crippen molar-refractivity contribution in [3.8, 4) is 5.75 Å². The number of benzene rings is 1. The summed E-state index contributed by atoms with van der Waals surface area (Å²) < 4.78 is 33.8. The molecule has 4 aliphatic rings. The van der Waals surface area contributed by atoms with Crippen molar-refractivity contribution in [1.29, 1.82) is 0 Å². The van der Waals surface area contributed by atoms with Crippen LogP contribution in [0.1, 0.15) is 130 Å².